The minimum Gasteiger partial charge on any atom is -0.497 e. The molecule has 0 saturated heterocycles. The van der Waals surface area contributed by atoms with Crippen LogP contribution in [0.25, 0.3) is 0 Å². The number of pyridine rings is 1. The number of nitrogens with zero attached hydrogens (tertiary/aromatic N) is 1. The summed E-state index contributed by atoms with van der Waals surface area (Å²) in [5.41, 5.74) is 3.79. The number of amides is 1. The number of allylic oxidation sites excluding steroid dienone is 3. The molecule has 1 aromatic carbocycles. The molecule has 2 N–H and O–H groups in total. The van der Waals surface area contributed by atoms with Crippen LogP contribution in [0.4, 0.5) is 5.82 Å². The molecule has 0 spiro atoms. The molecular weight excluding hydrogens is 378 g/mol. The maximum atomic E-state index is 13.3. The van der Waals surface area contributed by atoms with Gasteiger partial charge in [0, 0.05) is 41.1 Å². The van der Waals surface area contributed by atoms with Gasteiger partial charge in [0.05, 0.1) is 7.11 Å². The Balaban J connectivity index is 1.79. The van der Waals surface area contributed by atoms with Crippen molar-refractivity contribution in [1.29, 1.82) is 0 Å². The molecule has 1 aromatic heterocycles. The molecule has 1 aliphatic carbocycles. The molecule has 1 aliphatic heterocycles. The fraction of sp³-hybridized carbons (Fsp3) is 0.292. The molecule has 4 rings (SSSR count). The summed E-state index contributed by atoms with van der Waals surface area (Å²) in [6.45, 7) is 3.96. The average molecular weight is 403 g/mol. The van der Waals surface area contributed by atoms with Gasteiger partial charge in [-0.05, 0) is 49.1 Å². The highest BCUT2D eigenvalue weighted by Gasteiger charge is 2.39. The average Bonchev–Trinajstić information content (AvgIpc) is 2.73. The van der Waals surface area contributed by atoms with Gasteiger partial charge < -0.3 is 15.4 Å². The number of hydrogen-bond acceptors (Lipinski definition) is 5. The van der Waals surface area contributed by atoms with E-state index in [1.807, 2.05) is 37.3 Å². The zero-order chi connectivity index (χ0) is 21.3. The van der Waals surface area contributed by atoms with Gasteiger partial charge in [-0.25, -0.2) is 4.98 Å². The predicted octanol–water partition coefficient (Wildman–Crippen LogP) is 3.94. The molecular formula is C24H25N3O3. The van der Waals surface area contributed by atoms with Crippen molar-refractivity contribution in [3.8, 4) is 5.75 Å². The minimum absolute atomic E-state index is 0.0905. The van der Waals surface area contributed by atoms with Crippen molar-refractivity contribution in [3.05, 3.63) is 76.8 Å². The summed E-state index contributed by atoms with van der Waals surface area (Å²) in [7, 11) is 1.61. The first-order chi connectivity index (χ1) is 14.5. The number of anilines is 1. The number of ether oxygens (including phenoxy) is 1. The van der Waals surface area contributed by atoms with Crippen LogP contribution < -0.4 is 15.4 Å². The van der Waals surface area contributed by atoms with E-state index in [0.29, 0.717) is 23.4 Å². The van der Waals surface area contributed by atoms with Gasteiger partial charge in [-0.2, -0.15) is 0 Å². The van der Waals surface area contributed by atoms with Crippen molar-refractivity contribution in [2.75, 3.05) is 12.4 Å². The Morgan fingerprint density at radius 3 is 2.60 bits per heavy atom. The SMILES string of the molecule is COc1ccc([C@H]2C(C(=O)Nc3ccccn3)=C(C)NC3=C2C(=O)C[C@@H](C)C3)cc1. The van der Waals surface area contributed by atoms with Gasteiger partial charge >= 0.3 is 0 Å². The number of methoxy groups -OCH3 is 1. The third-order valence-electron chi connectivity index (χ3n) is 5.63. The maximum Gasteiger partial charge on any atom is 0.255 e. The van der Waals surface area contributed by atoms with E-state index >= 15 is 0 Å². The van der Waals surface area contributed by atoms with Crippen molar-refractivity contribution in [1.82, 2.24) is 10.3 Å². The largest absolute Gasteiger partial charge is 0.497 e. The van der Waals surface area contributed by atoms with Gasteiger partial charge in [-0.3, -0.25) is 9.59 Å². The summed E-state index contributed by atoms with van der Waals surface area (Å²) >= 11 is 0. The first kappa shape index (κ1) is 19.9. The van der Waals surface area contributed by atoms with Crippen LogP contribution in [0.5, 0.6) is 5.75 Å². The Labute approximate surface area is 176 Å². The molecule has 0 radical (unpaired) electrons. The molecule has 2 atom stereocenters. The fourth-order valence-corrected chi connectivity index (χ4v) is 4.28. The molecule has 1 amide bonds. The molecule has 2 aliphatic rings. The number of dihydropyridines is 1. The molecule has 6 heteroatoms. The lowest BCUT2D eigenvalue weighted by Crippen LogP contribution is -2.37. The second-order valence-electron chi connectivity index (χ2n) is 7.87. The number of benzene rings is 1. The third kappa shape index (κ3) is 3.73. The van der Waals surface area contributed by atoms with Gasteiger partial charge in [-0.1, -0.05) is 25.1 Å². The standard InChI is InChI=1S/C24H25N3O3/c1-14-12-18-23(19(28)13-14)22(16-7-9-17(30-3)10-8-16)21(15(2)26-18)24(29)27-20-6-4-5-11-25-20/h4-11,14,22,26H,12-13H2,1-3H3,(H,25,27,29)/t14-,22-/m0/s1. The van der Waals surface area contributed by atoms with E-state index < -0.39 is 5.92 Å². The van der Waals surface area contributed by atoms with Crippen molar-refractivity contribution >= 4 is 17.5 Å². The van der Waals surface area contributed by atoms with Crippen LogP contribution in [0, 0.1) is 5.92 Å². The first-order valence-corrected chi connectivity index (χ1v) is 10.1. The number of hydrogen-bond donors (Lipinski definition) is 2. The molecule has 0 bridgehead atoms. The van der Waals surface area contributed by atoms with Gasteiger partial charge in [0.25, 0.3) is 5.91 Å². The van der Waals surface area contributed by atoms with Crippen molar-refractivity contribution in [3.63, 3.8) is 0 Å². The second-order valence-corrected chi connectivity index (χ2v) is 7.87. The maximum absolute atomic E-state index is 13.3. The van der Waals surface area contributed by atoms with Crippen LogP contribution in [0.2, 0.25) is 0 Å². The van der Waals surface area contributed by atoms with E-state index in [2.05, 4.69) is 22.5 Å². The van der Waals surface area contributed by atoms with Crippen molar-refractivity contribution < 1.29 is 14.3 Å². The van der Waals surface area contributed by atoms with Crippen molar-refractivity contribution in [2.24, 2.45) is 5.92 Å². The summed E-state index contributed by atoms with van der Waals surface area (Å²) in [5, 5.41) is 6.23. The zero-order valence-corrected chi connectivity index (χ0v) is 17.4. The highest BCUT2D eigenvalue weighted by Crippen LogP contribution is 2.43. The lowest BCUT2D eigenvalue weighted by atomic mass is 9.73. The van der Waals surface area contributed by atoms with E-state index in [4.69, 9.17) is 4.74 Å². The highest BCUT2D eigenvalue weighted by atomic mass is 16.5. The van der Waals surface area contributed by atoms with Gasteiger partial charge in [0.1, 0.15) is 11.6 Å². The van der Waals surface area contributed by atoms with Crippen LogP contribution in [-0.4, -0.2) is 23.8 Å². The van der Waals surface area contributed by atoms with Crippen molar-refractivity contribution in [2.45, 2.75) is 32.6 Å². The number of aromatic nitrogens is 1. The van der Waals surface area contributed by atoms with Gasteiger partial charge in [0.15, 0.2) is 5.78 Å². The summed E-state index contributed by atoms with van der Waals surface area (Å²) in [6, 6.07) is 12.9. The number of nitrogens with one attached hydrogen (secondary N) is 2. The molecule has 0 saturated carbocycles. The van der Waals surface area contributed by atoms with Crippen LogP contribution in [0.15, 0.2) is 71.2 Å². The minimum atomic E-state index is -0.434. The molecule has 2 heterocycles. The van der Waals surface area contributed by atoms with E-state index in [9.17, 15) is 9.59 Å². The molecule has 0 unspecified atom stereocenters. The number of rotatable bonds is 4. The molecule has 154 valence electrons. The normalized spacial score (nSPS) is 21.1. The van der Waals surface area contributed by atoms with E-state index in [1.165, 1.54) is 0 Å². The summed E-state index contributed by atoms with van der Waals surface area (Å²) in [5.74, 6) is 0.864. The lowest BCUT2D eigenvalue weighted by molar-refractivity contribution is -0.117. The Morgan fingerprint density at radius 2 is 1.93 bits per heavy atom. The predicted molar refractivity (Wildman–Crippen MR) is 115 cm³/mol. The van der Waals surface area contributed by atoms with Gasteiger partial charge in [-0.15, -0.1) is 0 Å². The molecule has 2 aromatic rings. The summed E-state index contributed by atoms with van der Waals surface area (Å²) in [6.07, 6.45) is 2.91. The van der Waals surface area contributed by atoms with E-state index in [1.54, 1.807) is 25.4 Å². The second kappa shape index (κ2) is 8.14. The zero-order valence-electron chi connectivity index (χ0n) is 17.4. The van der Waals surface area contributed by atoms with Crippen LogP contribution in [-0.2, 0) is 9.59 Å². The Hall–Kier alpha value is -3.41. The Morgan fingerprint density at radius 1 is 1.17 bits per heavy atom. The van der Waals surface area contributed by atoms with Crippen LogP contribution >= 0.6 is 0 Å². The van der Waals surface area contributed by atoms with Gasteiger partial charge in [0.2, 0.25) is 0 Å². The number of ketones is 1. The van der Waals surface area contributed by atoms with E-state index in [0.717, 1.165) is 29.1 Å². The number of carbonyl (C=O) groups excluding carboxylic acids is 2. The van der Waals surface area contributed by atoms with Crippen LogP contribution in [0.1, 0.15) is 38.2 Å². The molecule has 30 heavy (non-hydrogen) atoms. The summed E-state index contributed by atoms with van der Waals surface area (Å²) in [4.78, 5) is 30.6. The molecule has 6 nitrogen and oxygen atoms in total. The van der Waals surface area contributed by atoms with E-state index in [-0.39, 0.29) is 17.6 Å². The molecule has 0 fully saturated rings. The van der Waals surface area contributed by atoms with Crippen LogP contribution in [0.3, 0.4) is 0 Å². The third-order valence-corrected chi connectivity index (χ3v) is 5.63. The highest BCUT2D eigenvalue weighted by molar-refractivity contribution is 6.09. The monoisotopic (exact) mass is 403 g/mol. The smallest absolute Gasteiger partial charge is 0.255 e. The fourth-order valence-electron chi connectivity index (χ4n) is 4.28. The number of Topliss-reactive ketones (excluding diaryl/α,β-unsaturated/α-hetero) is 1. The quantitative estimate of drug-likeness (QED) is 0.808. The number of carbonyl (C=O) groups is 2. The lowest BCUT2D eigenvalue weighted by Gasteiger charge is -2.36. The Kier molecular flexibility index (Phi) is 5.40. The Bertz CT molecular complexity index is 1040. The summed E-state index contributed by atoms with van der Waals surface area (Å²) < 4.78 is 5.28. The first-order valence-electron chi connectivity index (χ1n) is 10.1. The topological polar surface area (TPSA) is 80.3 Å².